The average Bonchev–Trinajstić information content (AvgIpc) is 2.83. The molecule has 170 valence electrons. The summed E-state index contributed by atoms with van der Waals surface area (Å²) in [7, 11) is 1.50. The zero-order valence-corrected chi connectivity index (χ0v) is 17.7. The molecule has 1 aliphatic heterocycles. The normalized spacial score (nSPS) is 15.8. The fourth-order valence-corrected chi connectivity index (χ4v) is 3.47. The monoisotopic (exact) mass is 443 g/mol. The van der Waals surface area contributed by atoms with E-state index in [9.17, 15) is 18.8 Å². The number of nitrogens with zero attached hydrogens (tertiary/aromatic N) is 2. The van der Waals surface area contributed by atoms with Gasteiger partial charge in [0.1, 0.15) is 11.6 Å². The molecule has 0 saturated carbocycles. The molecular weight excluding hydrogens is 417 g/mol. The fourth-order valence-electron chi connectivity index (χ4n) is 3.47. The molecule has 1 aliphatic rings. The zero-order chi connectivity index (χ0) is 23.1. The van der Waals surface area contributed by atoms with Gasteiger partial charge in [-0.3, -0.25) is 14.5 Å². The molecule has 3 rings (SSSR count). The number of carbonyl (C=O) groups excluding carboxylic acids is 3. The molecule has 1 heterocycles. The summed E-state index contributed by atoms with van der Waals surface area (Å²) in [5, 5.41) is 5.32. The smallest absolute Gasteiger partial charge is 0.323 e. The van der Waals surface area contributed by atoms with Crippen LogP contribution < -0.4 is 21.1 Å². The number of amides is 4. The van der Waals surface area contributed by atoms with Gasteiger partial charge in [-0.25, -0.2) is 9.18 Å². The van der Waals surface area contributed by atoms with Crippen molar-refractivity contribution < 1.29 is 23.5 Å². The summed E-state index contributed by atoms with van der Waals surface area (Å²) < 4.78 is 18.4. The lowest BCUT2D eigenvalue weighted by Gasteiger charge is -2.42. The second-order valence-corrected chi connectivity index (χ2v) is 7.17. The lowest BCUT2D eigenvalue weighted by molar-refractivity contribution is -0.132. The Morgan fingerprint density at radius 3 is 2.53 bits per heavy atom. The third-order valence-corrected chi connectivity index (χ3v) is 5.00. The van der Waals surface area contributed by atoms with E-state index in [1.54, 1.807) is 24.3 Å². The minimum atomic E-state index is -1.17. The quantitative estimate of drug-likeness (QED) is 0.627. The van der Waals surface area contributed by atoms with Crippen LogP contribution >= 0.6 is 0 Å². The summed E-state index contributed by atoms with van der Waals surface area (Å²) in [6.07, 6.45) is -0.692. The van der Waals surface area contributed by atoms with Crippen molar-refractivity contribution in [2.24, 2.45) is 5.73 Å². The molecule has 0 spiro atoms. The van der Waals surface area contributed by atoms with Crippen LogP contribution in [-0.4, -0.2) is 67.1 Å². The van der Waals surface area contributed by atoms with Crippen LogP contribution in [0.2, 0.25) is 0 Å². The van der Waals surface area contributed by atoms with E-state index in [4.69, 9.17) is 10.5 Å². The van der Waals surface area contributed by atoms with Crippen molar-refractivity contribution in [3.8, 4) is 5.75 Å². The van der Waals surface area contributed by atoms with Crippen molar-refractivity contribution in [1.82, 2.24) is 15.1 Å². The molecule has 0 aliphatic carbocycles. The molecular formula is C22H26FN5O4. The van der Waals surface area contributed by atoms with E-state index < -0.39 is 29.8 Å². The SMILES string of the molecule is COc1cccc(C(=O)N2CCCN(C(=O)Nc3ccc(F)cc3)C2C(=O)NCCN)c1. The van der Waals surface area contributed by atoms with Crippen LogP contribution in [0.1, 0.15) is 16.8 Å². The van der Waals surface area contributed by atoms with Gasteiger partial charge in [0.25, 0.3) is 11.8 Å². The molecule has 10 heteroatoms. The number of hydrogen-bond acceptors (Lipinski definition) is 5. The van der Waals surface area contributed by atoms with Gasteiger partial charge in [-0.1, -0.05) is 6.07 Å². The second kappa shape index (κ2) is 10.6. The number of carbonyl (C=O) groups is 3. The fraction of sp³-hybridized carbons (Fsp3) is 0.318. The average molecular weight is 443 g/mol. The largest absolute Gasteiger partial charge is 0.497 e. The molecule has 2 aromatic rings. The van der Waals surface area contributed by atoms with Crippen LogP contribution in [0.4, 0.5) is 14.9 Å². The molecule has 32 heavy (non-hydrogen) atoms. The molecule has 1 saturated heterocycles. The predicted octanol–water partition coefficient (Wildman–Crippen LogP) is 1.62. The van der Waals surface area contributed by atoms with Crippen molar-refractivity contribution in [3.63, 3.8) is 0 Å². The number of hydrogen-bond donors (Lipinski definition) is 3. The van der Waals surface area contributed by atoms with Crippen molar-refractivity contribution in [1.29, 1.82) is 0 Å². The standard InChI is InChI=1S/C22H26FN5O4/c1-32-18-5-2-4-15(14-18)21(30)27-12-3-13-28(20(27)19(29)25-11-10-24)22(31)26-17-8-6-16(23)7-9-17/h2,4-9,14,20H,3,10-13,24H2,1H3,(H,25,29)(H,26,31). The number of halogens is 1. The van der Waals surface area contributed by atoms with Crippen molar-refractivity contribution >= 4 is 23.5 Å². The number of nitrogens with one attached hydrogen (secondary N) is 2. The maximum Gasteiger partial charge on any atom is 0.323 e. The van der Waals surface area contributed by atoms with Crippen LogP contribution in [0.3, 0.4) is 0 Å². The van der Waals surface area contributed by atoms with Crippen LogP contribution in [0.15, 0.2) is 48.5 Å². The van der Waals surface area contributed by atoms with E-state index in [0.29, 0.717) is 23.4 Å². The van der Waals surface area contributed by atoms with Crippen LogP contribution in [0.25, 0.3) is 0 Å². The summed E-state index contributed by atoms with van der Waals surface area (Å²) in [5.74, 6) is -0.852. The Morgan fingerprint density at radius 1 is 1.12 bits per heavy atom. The first-order valence-corrected chi connectivity index (χ1v) is 10.2. The highest BCUT2D eigenvalue weighted by molar-refractivity contribution is 6.00. The van der Waals surface area contributed by atoms with Crippen LogP contribution in [0.5, 0.6) is 5.75 Å². The van der Waals surface area contributed by atoms with Gasteiger partial charge < -0.3 is 26.0 Å². The maximum atomic E-state index is 13.3. The number of anilines is 1. The van der Waals surface area contributed by atoms with Gasteiger partial charge in [0, 0.05) is 37.4 Å². The highest BCUT2D eigenvalue weighted by atomic mass is 19.1. The summed E-state index contributed by atoms with van der Waals surface area (Å²) in [5.41, 5.74) is 6.20. The Bertz CT molecular complexity index is 969. The Labute approximate surface area is 185 Å². The van der Waals surface area contributed by atoms with Gasteiger partial charge in [-0.15, -0.1) is 0 Å². The van der Waals surface area contributed by atoms with Crippen molar-refractivity contribution in [2.75, 3.05) is 38.6 Å². The number of urea groups is 1. The van der Waals surface area contributed by atoms with E-state index in [1.807, 2.05) is 0 Å². The third kappa shape index (κ3) is 5.33. The Balaban J connectivity index is 1.88. The van der Waals surface area contributed by atoms with Crippen LogP contribution in [0, 0.1) is 5.82 Å². The van der Waals surface area contributed by atoms with Gasteiger partial charge in [0.05, 0.1) is 7.11 Å². The predicted molar refractivity (Wildman–Crippen MR) is 117 cm³/mol. The molecule has 1 atom stereocenters. The molecule has 1 unspecified atom stereocenters. The van der Waals surface area contributed by atoms with Gasteiger partial charge in [0.2, 0.25) is 0 Å². The van der Waals surface area contributed by atoms with E-state index >= 15 is 0 Å². The molecule has 4 N–H and O–H groups in total. The van der Waals surface area contributed by atoms with Crippen molar-refractivity contribution in [2.45, 2.75) is 12.6 Å². The first-order valence-electron chi connectivity index (χ1n) is 10.2. The number of benzene rings is 2. The first kappa shape index (κ1) is 23.0. The van der Waals surface area contributed by atoms with E-state index in [0.717, 1.165) is 0 Å². The minimum absolute atomic E-state index is 0.198. The molecule has 1 fully saturated rings. The Hall–Kier alpha value is -3.66. The first-order chi connectivity index (χ1) is 15.4. The van der Waals surface area contributed by atoms with Gasteiger partial charge in [0.15, 0.2) is 6.17 Å². The maximum absolute atomic E-state index is 13.3. The lowest BCUT2D eigenvalue weighted by atomic mass is 10.1. The summed E-state index contributed by atoms with van der Waals surface area (Å²) in [6.45, 7) is 0.959. The second-order valence-electron chi connectivity index (χ2n) is 7.17. The summed E-state index contributed by atoms with van der Waals surface area (Å²) in [4.78, 5) is 41.9. The molecule has 0 radical (unpaired) electrons. The molecule has 0 bridgehead atoms. The van der Waals surface area contributed by atoms with Gasteiger partial charge in [-0.2, -0.15) is 0 Å². The number of rotatable bonds is 6. The Kier molecular flexibility index (Phi) is 7.61. The number of methoxy groups -OCH3 is 1. The highest BCUT2D eigenvalue weighted by Crippen LogP contribution is 2.22. The van der Waals surface area contributed by atoms with Crippen LogP contribution in [-0.2, 0) is 4.79 Å². The van der Waals surface area contributed by atoms with Gasteiger partial charge in [-0.05, 0) is 48.9 Å². The minimum Gasteiger partial charge on any atom is -0.497 e. The topological polar surface area (TPSA) is 117 Å². The van der Waals surface area contributed by atoms with Gasteiger partial charge >= 0.3 is 6.03 Å². The van der Waals surface area contributed by atoms with E-state index in [1.165, 1.54) is 41.2 Å². The number of ether oxygens (including phenoxy) is 1. The zero-order valence-electron chi connectivity index (χ0n) is 17.7. The molecule has 0 aromatic heterocycles. The summed E-state index contributed by atoms with van der Waals surface area (Å²) in [6, 6.07) is 11.3. The Morgan fingerprint density at radius 2 is 1.84 bits per heavy atom. The highest BCUT2D eigenvalue weighted by Gasteiger charge is 2.40. The van der Waals surface area contributed by atoms with E-state index in [2.05, 4.69) is 10.6 Å². The molecule has 9 nitrogen and oxygen atoms in total. The van der Waals surface area contributed by atoms with E-state index in [-0.39, 0.29) is 26.2 Å². The molecule has 4 amide bonds. The lowest BCUT2D eigenvalue weighted by Crippen LogP contribution is -2.64. The summed E-state index contributed by atoms with van der Waals surface area (Å²) >= 11 is 0. The molecule has 2 aromatic carbocycles. The number of nitrogens with two attached hydrogens (primary N) is 1. The van der Waals surface area contributed by atoms with Crippen molar-refractivity contribution in [3.05, 3.63) is 59.9 Å². The third-order valence-electron chi connectivity index (χ3n) is 5.00.